The lowest BCUT2D eigenvalue weighted by atomic mass is 9.13. The van der Waals surface area contributed by atoms with Gasteiger partial charge in [0.1, 0.15) is 0 Å². The molecule has 0 spiro atoms. The number of benzene rings is 3. The molecule has 4 unspecified atom stereocenters. The van der Waals surface area contributed by atoms with E-state index in [2.05, 4.69) is 84.6 Å². The van der Waals surface area contributed by atoms with Crippen LogP contribution in [0.25, 0.3) is 22.3 Å². The molecular formula is C29H26N2. The van der Waals surface area contributed by atoms with E-state index >= 15 is 0 Å². The molecule has 4 fully saturated rings. The molecule has 2 nitrogen and oxygen atoms in total. The first-order valence-electron chi connectivity index (χ1n) is 12.0. The summed E-state index contributed by atoms with van der Waals surface area (Å²) in [5, 5.41) is 0. The van der Waals surface area contributed by atoms with Crippen molar-refractivity contribution in [1.29, 1.82) is 0 Å². The molecular weight excluding hydrogens is 376 g/mol. The van der Waals surface area contributed by atoms with Crippen molar-refractivity contribution in [3.8, 4) is 22.3 Å². The van der Waals surface area contributed by atoms with Crippen molar-refractivity contribution in [1.82, 2.24) is 0 Å². The zero-order chi connectivity index (χ0) is 20.2. The van der Waals surface area contributed by atoms with Crippen LogP contribution in [0, 0.1) is 35.5 Å². The lowest BCUT2D eigenvalue weighted by Gasteiger charge is -2.90. The molecule has 0 radical (unpaired) electrons. The van der Waals surface area contributed by atoms with E-state index in [4.69, 9.17) is 0 Å². The molecule has 152 valence electrons. The van der Waals surface area contributed by atoms with Gasteiger partial charge in [-0.25, -0.2) is 0 Å². The lowest BCUT2D eigenvalue weighted by molar-refractivity contribution is -0.398. The average molecular weight is 403 g/mol. The molecule has 6 bridgehead atoms. The maximum atomic E-state index is 2.47. The van der Waals surface area contributed by atoms with Gasteiger partial charge in [0.25, 0.3) is 0 Å². The first kappa shape index (κ1) is 16.0. The first-order chi connectivity index (χ1) is 15.2. The molecule has 31 heavy (non-hydrogen) atoms. The summed E-state index contributed by atoms with van der Waals surface area (Å²) in [4.78, 5) is 4.82. The Morgan fingerprint density at radius 2 is 0.903 bits per heavy atom. The van der Waals surface area contributed by atoms with E-state index in [9.17, 15) is 0 Å². The molecule has 4 atom stereocenters. The summed E-state index contributed by atoms with van der Waals surface area (Å²) in [5.74, 6) is 7.68. The smallest absolute Gasteiger partial charge is 0.0898 e. The third kappa shape index (κ3) is 1.54. The van der Waals surface area contributed by atoms with Crippen LogP contribution in [0.4, 0.5) is 11.4 Å². The van der Waals surface area contributed by atoms with Crippen molar-refractivity contribution in [2.45, 2.75) is 11.8 Å². The highest BCUT2D eigenvalue weighted by Crippen LogP contribution is 2.91. The Kier molecular flexibility index (Phi) is 2.50. The topological polar surface area (TPSA) is 6.48 Å². The van der Waals surface area contributed by atoms with Gasteiger partial charge in [-0.15, -0.1) is 0 Å². The molecule has 3 aromatic rings. The maximum Gasteiger partial charge on any atom is 0.0898 e. The number of anilines is 2. The third-order valence-corrected chi connectivity index (χ3v) is 10.3. The van der Waals surface area contributed by atoms with Crippen LogP contribution in [0.2, 0.25) is 0 Å². The molecule has 16 rings (SSSR count). The van der Waals surface area contributed by atoms with Crippen LogP contribution < -0.4 is 9.80 Å². The van der Waals surface area contributed by atoms with Crippen LogP contribution in [0.15, 0.2) is 60.7 Å². The standard InChI is InChI=1S/C29H26N2/c1-30-13-31(2)29-19-12-11-18(28(29)30)14-3-7-16(8-4-14)20-22-24-21(17-9-5-15(19)6-10-17)25-23(20)26(22)27(24)25/h3-12,20-27H,13H2,1-2H3. The van der Waals surface area contributed by atoms with Gasteiger partial charge < -0.3 is 9.80 Å². The second-order valence-electron chi connectivity index (χ2n) is 11.2. The molecule has 2 heteroatoms. The maximum absolute atomic E-state index is 2.47. The van der Waals surface area contributed by atoms with E-state index in [0.717, 1.165) is 54.0 Å². The van der Waals surface area contributed by atoms with Gasteiger partial charge in [0.15, 0.2) is 0 Å². The van der Waals surface area contributed by atoms with Gasteiger partial charge in [-0.3, -0.25) is 0 Å². The fourth-order valence-corrected chi connectivity index (χ4v) is 9.35. The van der Waals surface area contributed by atoms with Gasteiger partial charge in [-0.1, -0.05) is 60.7 Å². The van der Waals surface area contributed by atoms with Gasteiger partial charge in [0.05, 0.1) is 18.0 Å². The van der Waals surface area contributed by atoms with E-state index in [-0.39, 0.29) is 0 Å². The Bertz CT molecular complexity index is 1170. The Balaban J connectivity index is 1.31. The van der Waals surface area contributed by atoms with Crippen molar-refractivity contribution in [2.75, 3.05) is 30.6 Å². The number of nitrogens with zero attached hydrogens (tertiary/aromatic N) is 2. The summed E-state index contributed by atoms with van der Waals surface area (Å²) in [6.45, 7) is 0.940. The second kappa shape index (κ2) is 4.85. The van der Waals surface area contributed by atoms with Crippen LogP contribution >= 0.6 is 0 Å². The molecule has 4 saturated carbocycles. The average Bonchev–Trinajstić information content (AvgIpc) is 3.10. The van der Waals surface area contributed by atoms with E-state index in [1.807, 2.05) is 0 Å². The molecule has 1 heterocycles. The fourth-order valence-electron chi connectivity index (χ4n) is 9.35. The monoisotopic (exact) mass is 402 g/mol. The predicted octanol–water partition coefficient (Wildman–Crippen LogP) is 5.80. The third-order valence-electron chi connectivity index (χ3n) is 10.3. The Morgan fingerprint density at radius 3 is 1.29 bits per heavy atom. The number of hydrogen-bond donors (Lipinski definition) is 0. The zero-order valence-corrected chi connectivity index (χ0v) is 18.0. The minimum absolute atomic E-state index is 0.837. The summed E-state index contributed by atoms with van der Waals surface area (Å²) < 4.78 is 0. The number of hydrogen-bond acceptors (Lipinski definition) is 2. The van der Waals surface area contributed by atoms with E-state index in [1.165, 1.54) is 33.6 Å². The SMILES string of the molecule is CN1CN(C)c2c3ccc(c21)-c1ccc(cc1)C1C2C4C(c5ccc-3cc5)C3C1C2C43. The van der Waals surface area contributed by atoms with E-state index in [1.54, 1.807) is 11.1 Å². The van der Waals surface area contributed by atoms with Crippen molar-refractivity contribution in [3.63, 3.8) is 0 Å². The molecule has 0 amide bonds. The van der Waals surface area contributed by atoms with Crippen LogP contribution in [-0.4, -0.2) is 20.8 Å². The summed E-state index contributed by atoms with van der Waals surface area (Å²) >= 11 is 0. The highest BCUT2D eigenvalue weighted by molar-refractivity contribution is 5.99. The second-order valence-corrected chi connectivity index (χ2v) is 11.2. The summed E-state index contributed by atoms with van der Waals surface area (Å²) in [7, 11) is 4.46. The lowest BCUT2D eigenvalue weighted by Crippen LogP contribution is -2.85. The van der Waals surface area contributed by atoms with Gasteiger partial charge in [0, 0.05) is 25.2 Å². The van der Waals surface area contributed by atoms with E-state index in [0.29, 0.717) is 0 Å². The molecule has 0 aromatic heterocycles. The quantitative estimate of drug-likeness (QED) is 0.469. The summed E-state index contributed by atoms with van der Waals surface area (Å²) in [6.07, 6.45) is 0. The molecule has 1 aliphatic heterocycles. The predicted molar refractivity (Wildman–Crippen MR) is 125 cm³/mol. The molecule has 13 aliphatic rings. The number of fused-ring (bicyclic) bond motifs is 1. The van der Waals surface area contributed by atoms with Crippen molar-refractivity contribution in [3.05, 3.63) is 71.8 Å². The van der Waals surface area contributed by atoms with Crippen LogP contribution in [0.5, 0.6) is 0 Å². The highest BCUT2D eigenvalue weighted by Gasteiger charge is 2.86. The minimum Gasteiger partial charge on any atom is -0.355 e. The van der Waals surface area contributed by atoms with Crippen molar-refractivity contribution < 1.29 is 0 Å². The van der Waals surface area contributed by atoms with Gasteiger partial charge in [-0.2, -0.15) is 0 Å². The van der Waals surface area contributed by atoms with Crippen LogP contribution in [0.3, 0.4) is 0 Å². The van der Waals surface area contributed by atoms with Gasteiger partial charge in [-0.05, 0) is 69.6 Å². The van der Waals surface area contributed by atoms with Gasteiger partial charge in [0.2, 0.25) is 0 Å². The zero-order valence-electron chi connectivity index (χ0n) is 18.0. The van der Waals surface area contributed by atoms with E-state index < -0.39 is 0 Å². The Labute approximate surface area is 183 Å². The normalized spacial score (nSPS) is 38.4. The first-order valence-corrected chi connectivity index (χ1v) is 12.0. The summed E-state index contributed by atoms with van der Waals surface area (Å²) in [5.41, 5.74) is 11.4. The minimum atomic E-state index is 0.837. The molecule has 0 N–H and O–H groups in total. The fraction of sp³-hybridized carbons (Fsp3) is 0.379. The highest BCUT2D eigenvalue weighted by atomic mass is 15.4. The number of rotatable bonds is 0. The van der Waals surface area contributed by atoms with Crippen molar-refractivity contribution >= 4 is 11.4 Å². The Morgan fingerprint density at radius 1 is 0.516 bits per heavy atom. The molecule has 12 aliphatic carbocycles. The Hall–Kier alpha value is -2.74. The van der Waals surface area contributed by atoms with Crippen LogP contribution in [0.1, 0.15) is 23.0 Å². The van der Waals surface area contributed by atoms with Crippen LogP contribution in [-0.2, 0) is 0 Å². The molecule has 3 aromatic carbocycles. The summed E-state index contributed by atoms with van der Waals surface area (Å²) in [6, 6.07) is 24.2. The molecule has 0 saturated heterocycles. The van der Waals surface area contributed by atoms with Crippen molar-refractivity contribution in [2.24, 2.45) is 35.5 Å². The van der Waals surface area contributed by atoms with Gasteiger partial charge >= 0.3 is 0 Å². The largest absolute Gasteiger partial charge is 0.355 e.